The van der Waals surface area contributed by atoms with Crippen molar-refractivity contribution in [3.05, 3.63) is 35.9 Å². The Labute approximate surface area is 150 Å². The summed E-state index contributed by atoms with van der Waals surface area (Å²) in [4.78, 5) is 26.1. The molecule has 26 heavy (non-hydrogen) atoms. The Morgan fingerprint density at radius 3 is 2.42 bits per heavy atom. The number of aromatic hydroxyl groups is 2. The molecule has 0 radical (unpaired) electrons. The molecule has 0 unspecified atom stereocenters. The molecule has 1 aliphatic heterocycles. The first-order valence-electron chi connectivity index (χ1n) is 8.41. The number of nitrogens with zero attached hydrogens (tertiary/aromatic N) is 1. The highest BCUT2D eigenvalue weighted by Crippen LogP contribution is 2.35. The van der Waals surface area contributed by atoms with Crippen molar-refractivity contribution in [2.45, 2.75) is 26.1 Å². The topological polar surface area (TPSA) is 96.3 Å². The normalized spacial score (nSPS) is 20.2. The van der Waals surface area contributed by atoms with E-state index in [4.69, 9.17) is 9.47 Å². The predicted molar refractivity (Wildman–Crippen MR) is 94.1 cm³/mol. The molecule has 1 amide bonds. The molecule has 1 heterocycles. The van der Waals surface area contributed by atoms with Crippen molar-refractivity contribution in [2.24, 2.45) is 0 Å². The first-order valence-corrected chi connectivity index (χ1v) is 8.41. The summed E-state index contributed by atoms with van der Waals surface area (Å²) < 4.78 is 10.6. The third kappa shape index (κ3) is 3.57. The number of morpholine rings is 1. The highest BCUT2D eigenvalue weighted by Gasteiger charge is 2.27. The van der Waals surface area contributed by atoms with Gasteiger partial charge in [-0.05, 0) is 19.9 Å². The number of benzene rings is 2. The number of fused-ring (bicyclic) bond motifs is 1. The van der Waals surface area contributed by atoms with Crippen LogP contribution < -0.4 is 0 Å². The summed E-state index contributed by atoms with van der Waals surface area (Å²) in [5, 5.41) is 21.1. The molecule has 2 atom stereocenters. The number of hydrogen-bond acceptors (Lipinski definition) is 6. The van der Waals surface area contributed by atoms with Crippen LogP contribution in [0.4, 0.5) is 0 Å². The quantitative estimate of drug-likeness (QED) is 0.643. The molecule has 1 fully saturated rings. The lowest BCUT2D eigenvalue weighted by Crippen LogP contribution is -2.49. The number of amides is 1. The number of esters is 1. The van der Waals surface area contributed by atoms with E-state index in [2.05, 4.69) is 0 Å². The summed E-state index contributed by atoms with van der Waals surface area (Å²) in [6.07, 6.45) is -0.167. The lowest BCUT2D eigenvalue weighted by atomic mass is 10.0. The molecule has 0 aromatic heterocycles. The van der Waals surface area contributed by atoms with Crippen LogP contribution in [0.15, 0.2) is 30.3 Å². The number of carbonyl (C=O) groups is 2. The summed E-state index contributed by atoms with van der Waals surface area (Å²) in [5.74, 6) is -1.63. The summed E-state index contributed by atoms with van der Waals surface area (Å²) >= 11 is 0. The molecule has 2 N–H and O–H groups in total. The van der Waals surface area contributed by atoms with Gasteiger partial charge in [-0.25, -0.2) is 4.79 Å². The molecule has 0 aliphatic carbocycles. The van der Waals surface area contributed by atoms with Crippen molar-refractivity contribution < 1.29 is 29.3 Å². The monoisotopic (exact) mass is 359 g/mol. The van der Waals surface area contributed by atoms with Gasteiger partial charge in [0, 0.05) is 23.9 Å². The molecule has 138 valence electrons. The van der Waals surface area contributed by atoms with Crippen molar-refractivity contribution >= 4 is 22.6 Å². The van der Waals surface area contributed by atoms with Gasteiger partial charge < -0.3 is 24.6 Å². The van der Waals surface area contributed by atoms with Crippen LogP contribution in [-0.4, -0.2) is 58.9 Å². The maximum absolute atomic E-state index is 12.3. The highest BCUT2D eigenvalue weighted by atomic mass is 16.5. The molecule has 2 aromatic rings. The van der Waals surface area contributed by atoms with Crippen LogP contribution in [0, 0.1) is 0 Å². The molecule has 7 heteroatoms. The molecular formula is C19H21NO6. The van der Waals surface area contributed by atoms with Crippen LogP contribution in [0.5, 0.6) is 11.5 Å². The van der Waals surface area contributed by atoms with Crippen LogP contribution >= 0.6 is 0 Å². The van der Waals surface area contributed by atoms with Crippen molar-refractivity contribution in [3.8, 4) is 11.5 Å². The van der Waals surface area contributed by atoms with Crippen molar-refractivity contribution in [1.82, 2.24) is 4.90 Å². The molecule has 1 saturated heterocycles. The SMILES string of the molecule is C[C@H]1CN(C(=O)COC(=O)c2cc(O)c3ccccc3c2O)C[C@H](C)O1. The average Bonchev–Trinajstić information content (AvgIpc) is 2.61. The number of carbonyl (C=O) groups excluding carboxylic acids is 2. The Morgan fingerprint density at radius 2 is 1.77 bits per heavy atom. The Balaban J connectivity index is 1.71. The minimum atomic E-state index is -0.869. The maximum atomic E-state index is 12.3. The van der Waals surface area contributed by atoms with Gasteiger partial charge in [-0.2, -0.15) is 0 Å². The van der Waals surface area contributed by atoms with Gasteiger partial charge >= 0.3 is 5.97 Å². The van der Waals surface area contributed by atoms with Crippen LogP contribution in [0.1, 0.15) is 24.2 Å². The van der Waals surface area contributed by atoms with Crippen LogP contribution in [-0.2, 0) is 14.3 Å². The summed E-state index contributed by atoms with van der Waals surface area (Å²) in [5.41, 5.74) is -0.183. The second-order valence-electron chi connectivity index (χ2n) is 6.47. The van der Waals surface area contributed by atoms with Crippen molar-refractivity contribution in [1.29, 1.82) is 0 Å². The van der Waals surface area contributed by atoms with E-state index in [0.29, 0.717) is 23.9 Å². The minimum Gasteiger partial charge on any atom is -0.507 e. The van der Waals surface area contributed by atoms with Crippen molar-refractivity contribution in [3.63, 3.8) is 0 Å². The molecule has 7 nitrogen and oxygen atoms in total. The summed E-state index contributed by atoms with van der Waals surface area (Å²) in [7, 11) is 0. The van der Waals surface area contributed by atoms with Gasteiger partial charge in [0.15, 0.2) is 6.61 Å². The Morgan fingerprint density at radius 1 is 1.15 bits per heavy atom. The Kier molecular flexibility index (Phi) is 4.99. The molecular weight excluding hydrogens is 338 g/mol. The highest BCUT2D eigenvalue weighted by molar-refractivity contribution is 6.04. The third-order valence-corrected chi connectivity index (χ3v) is 4.31. The van der Waals surface area contributed by atoms with Gasteiger partial charge in [-0.3, -0.25) is 4.79 Å². The molecule has 0 spiro atoms. The standard InChI is InChI=1S/C19H21NO6/c1-11-8-20(9-12(2)26-11)17(22)10-25-19(24)15-7-16(21)13-5-3-4-6-14(13)18(15)23/h3-7,11-12,21,23H,8-10H2,1-2H3/t11-,12-/m0/s1. The molecule has 0 saturated carbocycles. The van der Waals surface area contributed by atoms with E-state index in [1.807, 2.05) is 13.8 Å². The number of hydrogen-bond donors (Lipinski definition) is 2. The zero-order valence-electron chi connectivity index (χ0n) is 14.6. The minimum absolute atomic E-state index is 0.0834. The second-order valence-corrected chi connectivity index (χ2v) is 6.47. The molecule has 3 rings (SSSR count). The number of rotatable bonds is 3. The second kappa shape index (κ2) is 7.21. The van der Waals surface area contributed by atoms with E-state index in [-0.39, 0.29) is 35.2 Å². The molecule has 2 aromatic carbocycles. The first-order chi connectivity index (χ1) is 12.4. The lowest BCUT2D eigenvalue weighted by Gasteiger charge is -2.35. The predicted octanol–water partition coefficient (Wildman–Crippen LogP) is 2.04. The van der Waals surface area contributed by atoms with E-state index in [1.54, 1.807) is 29.2 Å². The lowest BCUT2D eigenvalue weighted by molar-refractivity contribution is -0.146. The summed E-state index contributed by atoms with van der Waals surface area (Å²) in [6.45, 7) is 4.17. The summed E-state index contributed by atoms with van der Waals surface area (Å²) in [6, 6.07) is 7.75. The fourth-order valence-electron chi connectivity index (χ4n) is 3.17. The van der Waals surface area contributed by atoms with Gasteiger partial charge in [-0.15, -0.1) is 0 Å². The van der Waals surface area contributed by atoms with Gasteiger partial charge in [0.25, 0.3) is 5.91 Å². The number of ether oxygens (including phenoxy) is 2. The van der Waals surface area contributed by atoms with E-state index < -0.39 is 12.6 Å². The zero-order valence-corrected chi connectivity index (χ0v) is 14.6. The molecule has 0 bridgehead atoms. The van der Waals surface area contributed by atoms with Gasteiger partial charge in [0.2, 0.25) is 0 Å². The average molecular weight is 359 g/mol. The smallest absolute Gasteiger partial charge is 0.342 e. The Hall–Kier alpha value is -2.80. The number of phenols is 2. The fraction of sp³-hybridized carbons (Fsp3) is 0.368. The van der Waals surface area contributed by atoms with Crippen LogP contribution in [0.2, 0.25) is 0 Å². The van der Waals surface area contributed by atoms with E-state index in [9.17, 15) is 19.8 Å². The van der Waals surface area contributed by atoms with Crippen LogP contribution in [0.25, 0.3) is 10.8 Å². The van der Waals surface area contributed by atoms with Crippen molar-refractivity contribution in [2.75, 3.05) is 19.7 Å². The third-order valence-electron chi connectivity index (χ3n) is 4.31. The number of phenolic OH excluding ortho intramolecular Hbond substituents is 2. The van der Waals surface area contributed by atoms with Gasteiger partial charge in [0.1, 0.15) is 17.1 Å². The fourth-order valence-corrected chi connectivity index (χ4v) is 3.17. The van der Waals surface area contributed by atoms with E-state index in [1.165, 1.54) is 0 Å². The zero-order chi connectivity index (χ0) is 18.8. The maximum Gasteiger partial charge on any atom is 0.342 e. The van der Waals surface area contributed by atoms with Gasteiger partial charge in [-0.1, -0.05) is 24.3 Å². The largest absolute Gasteiger partial charge is 0.507 e. The Bertz CT molecular complexity index is 839. The van der Waals surface area contributed by atoms with E-state index in [0.717, 1.165) is 6.07 Å². The van der Waals surface area contributed by atoms with E-state index >= 15 is 0 Å². The first kappa shape index (κ1) is 18.0. The van der Waals surface area contributed by atoms with Crippen LogP contribution in [0.3, 0.4) is 0 Å². The van der Waals surface area contributed by atoms with Gasteiger partial charge in [0.05, 0.1) is 12.2 Å². The molecule has 1 aliphatic rings.